The molecular formula is C10H32I2O7Si6. The molecule has 0 aliphatic carbocycles. The molecule has 0 rings (SSSR count). The molecule has 25 heavy (non-hydrogen) atoms. The smallest absolute Gasteiger partial charge is 0.387 e. The third-order valence-electron chi connectivity index (χ3n) is 2.77. The van der Waals surface area contributed by atoms with Crippen molar-refractivity contribution in [3.05, 3.63) is 0 Å². The zero-order valence-corrected chi connectivity index (χ0v) is 27.4. The van der Waals surface area contributed by atoms with Crippen LogP contribution in [-0.4, -0.2) is 62.0 Å². The lowest BCUT2D eigenvalue weighted by Crippen LogP contribution is -2.57. The average molecular weight is 687 g/mol. The van der Waals surface area contributed by atoms with Gasteiger partial charge in [0, 0.05) is 14.2 Å². The van der Waals surface area contributed by atoms with E-state index >= 15 is 0 Å². The van der Waals surface area contributed by atoms with Gasteiger partial charge in [-0.25, -0.2) is 0 Å². The Morgan fingerprint density at radius 1 is 0.600 bits per heavy atom. The number of halogens is 2. The molecule has 0 saturated heterocycles. The Morgan fingerprint density at radius 3 is 1.48 bits per heavy atom. The van der Waals surface area contributed by atoms with Gasteiger partial charge in [-0.3, -0.25) is 0 Å². The first kappa shape index (κ1) is 27.5. The summed E-state index contributed by atoms with van der Waals surface area (Å²) >= 11 is 4.59. The first-order chi connectivity index (χ1) is 11.0. The van der Waals surface area contributed by atoms with Crippen molar-refractivity contribution in [3.8, 4) is 0 Å². The van der Waals surface area contributed by atoms with Gasteiger partial charge in [-0.05, 0) is 52.4 Å². The van der Waals surface area contributed by atoms with Crippen molar-refractivity contribution in [1.29, 1.82) is 0 Å². The van der Waals surface area contributed by atoms with E-state index < -0.39 is 47.8 Å². The second kappa shape index (κ2) is 11.0. The first-order valence-electron chi connectivity index (χ1n) is 7.92. The molecule has 0 aliphatic rings. The molecule has 0 N–H and O–H groups in total. The molecule has 0 aromatic carbocycles. The molecule has 0 spiro atoms. The minimum atomic E-state index is -2.45. The van der Waals surface area contributed by atoms with Crippen LogP contribution in [0.1, 0.15) is 0 Å². The van der Waals surface area contributed by atoms with Gasteiger partial charge in [0.15, 0.2) is 0 Å². The summed E-state index contributed by atoms with van der Waals surface area (Å²) in [6, 6.07) is -4.80. The van der Waals surface area contributed by atoms with Gasteiger partial charge in [0.25, 0.3) is 0 Å². The third kappa shape index (κ3) is 13.3. The minimum Gasteiger partial charge on any atom is -0.418 e. The van der Waals surface area contributed by atoms with Crippen LogP contribution in [-0.2, 0) is 29.4 Å². The van der Waals surface area contributed by atoms with Crippen molar-refractivity contribution in [2.75, 3.05) is 14.2 Å². The number of hydrogen-bond acceptors (Lipinski definition) is 7. The lowest BCUT2D eigenvalue weighted by molar-refractivity contribution is 0.271. The molecule has 0 saturated carbocycles. The van der Waals surface area contributed by atoms with Gasteiger partial charge >= 0.3 is 47.8 Å². The third-order valence-corrected chi connectivity index (χ3v) is 29.2. The van der Waals surface area contributed by atoms with E-state index in [-0.39, 0.29) is 0 Å². The molecule has 0 bridgehead atoms. The second-order valence-electron chi connectivity index (χ2n) is 6.62. The van der Waals surface area contributed by atoms with Crippen LogP contribution in [0.15, 0.2) is 0 Å². The number of rotatable bonds is 12. The van der Waals surface area contributed by atoms with Crippen LogP contribution in [0, 0.1) is 0 Å². The summed E-state index contributed by atoms with van der Waals surface area (Å²) in [6.07, 6.45) is 0. The maximum absolute atomic E-state index is 6.40. The molecule has 0 amide bonds. The van der Waals surface area contributed by atoms with Crippen LogP contribution in [0.4, 0.5) is 0 Å². The molecular weight excluding hydrogens is 654 g/mol. The molecule has 15 heteroatoms. The molecule has 4 atom stereocenters. The monoisotopic (exact) mass is 686 g/mol. The van der Waals surface area contributed by atoms with E-state index in [1.54, 1.807) is 14.2 Å². The highest BCUT2D eigenvalue weighted by atomic mass is 127. The van der Waals surface area contributed by atoms with Crippen molar-refractivity contribution in [2.45, 2.75) is 52.4 Å². The van der Waals surface area contributed by atoms with Crippen LogP contribution < -0.4 is 0 Å². The van der Waals surface area contributed by atoms with E-state index in [0.29, 0.717) is 0 Å². The summed E-state index contributed by atoms with van der Waals surface area (Å²) in [6.45, 7) is 16.2. The van der Waals surface area contributed by atoms with Crippen LogP contribution in [0.25, 0.3) is 0 Å². The van der Waals surface area contributed by atoms with Crippen LogP contribution in [0.3, 0.4) is 0 Å². The van der Waals surface area contributed by atoms with Gasteiger partial charge in [-0.1, -0.05) is 43.6 Å². The standard InChI is InChI=1S/C10H32I2O7Si6/c1-13-20(3)15-22(5,6)17-23(7,8)18-25(10,12)19-24(9,11)16-21(4)14-2/h20-21H,1-10H3/t20?,21?,24-,25+/m0/s1. The normalized spacial score (nSPS) is 20.6. The Bertz CT molecular complexity index is 379. The predicted octanol–water partition coefficient (Wildman–Crippen LogP) is 3.47. The second-order valence-corrected chi connectivity index (χ2v) is 34.9. The van der Waals surface area contributed by atoms with Crippen LogP contribution in [0.2, 0.25) is 52.4 Å². The Kier molecular flexibility index (Phi) is 12.1. The van der Waals surface area contributed by atoms with Gasteiger partial charge in [-0.15, -0.1) is 0 Å². The van der Waals surface area contributed by atoms with E-state index in [4.69, 9.17) is 29.4 Å². The molecule has 0 aromatic heterocycles. The highest BCUT2D eigenvalue weighted by Gasteiger charge is 2.47. The molecule has 0 aliphatic heterocycles. The van der Waals surface area contributed by atoms with E-state index in [1.807, 2.05) is 52.4 Å². The average Bonchev–Trinajstić information content (AvgIpc) is 2.32. The summed E-state index contributed by atoms with van der Waals surface area (Å²) < 4.78 is 41.8. The summed E-state index contributed by atoms with van der Waals surface area (Å²) in [5.41, 5.74) is 0. The summed E-state index contributed by atoms with van der Waals surface area (Å²) in [5.74, 6) is 0. The Morgan fingerprint density at radius 2 is 1.04 bits per heavy atom. The largest absolute Gasteiger partial charge is 0.418 e. The Hall–Kier alpha value is 2.48. The predicted molar refractivity (Wildman–Crippen MR) is 132 cm³/mol. The van der Waals surface area contributed by atoms with E-state index in [2.05, 4.69) is 43.6 Å². The van der Waals surface area contributed by atoms with Crippen LogP contribution >= 0.6 is 43.6 Å². The van der Waals surface area contributed by atoms with Gasteiger partial charge in [0.1, 0.15) is 0 Å². The molecule has 0 fully saturated rings. The van der Waals surface area contributed by atoms with Gasteiger partial charge in [0.2, 0.25) is 0 Å². The van der Waals surface area contributed by atoms with E-state index in [9.17, 15) is 0 Å². The highest BCUT2D eigenvalue weighted by molar-refractivity contribution is 14.1. The van der Waals surface area contributed by atoms with Crippen molar-refractivity contribution >= 4 is 91.4 Å². The zero-order chi connectivity index (χ0) is 20.1. The molecule has 2 unspecified atom stereocenters. The maximum atomic E-state index is 6.40. The first-order valence-corrected chi connectivity index (χ1v) is 28.6. The SMILES string of the molecule is CO[SiH](C)O[Si](C)(C)O[Si](C)(C)O[Si@@](C)(I)O[Si@@](C)(I)O[SiH](C)OC. The maximum Gasteiger partial charge on any atom is 0.387 e. The Balaban J connectivity index is 4.89. The summed E-state index contributed by atoms with van der Waals surface area (Å²) in [5, 5.41) is 0. The quantitative estimate of drug-likeness (QED) is 0.177. The lowest BCUT2D eigenvalue weighted by Gasteiger charge is -2.39. The van der Waals surface area contributed by atoms with Crippen LogP contribution in [0.5, 0.6) is 0 Å². The van der Waals surface area contributed by atoms with Gasteiger partial charge in [-0.2, -0.15) is 0 Å². The minimum absolute atomic E-state index is 1.65. The number of hydrogen-bond donors (Lipinski definition) is 0. The zero-order valence-electron chi connectivity index (χ0n) is 16.8. The highest BCUT2D eigenvalue weighted by Crippen LogP contribution is 2.31. The van der Waals surface area contributed by atoms with E-state index in [0.717, 1.165) is 0 Å². The van der Waals surface area contributed by atoms with Crippen molar-refractivity contribution in [2.24, 2.45) is 0 Å². The fraction of sp³-hybridized carbons (Fsp3) is 1.00. The topological polar surface area (TPSA) is 64.6 Å². The summed E-state index contributed by atoms with van der Waals surface area (Å²) in [7, 11) is -4.68. The molecule has 0 heterocycles. The van der Waals surface area contributed by atoms with E-state index in [1.165, 1.54) is 0 Å². The molecule has 152 valence electrons. The molecule has 7 nitrogen and oxygen atoms in total. The Labute approximate surface area is 185 Å². The lowest BCUT2D eigenvalue weighted by atomic mass is 11.8. The fourth-order valence-electron chi connectivity index (χ4n) is 2.24. The van der Waals surface area contributed by atoms with Crippen molar-refractivity contribution in [1.82, 2.24) is 0 Å². The summed E-state index contributed by atoms with van der Waals surface area (Å²) in [4.78, 5) is 0. The van der Waals surface area contributed by atoms with Crippen molar-refractivity contribution < 1.29 is 29.4 Å². The molecule has 0 aromatic rings. The van der Waals surface area contributed by atoms with Crippen molar-refractivity contribution in [3.63, 3.8) is 0 Å². The fourth-order valence-corrected chi connectivity index (χ4v) is 41.1. The molecule has 0 radical (unpaired) electrons. The van der Waals surface area contributed by atoms with Gasteiger partial charge in [0.05, 0.1) is 0 Å². The van der Waals surface area contributed by atoms with Gasteiger partial charge < -0.3 is 29.4 Å².